The molecule has 0 aliphatic carbocycles. The van der Waals surface area contributed by atoms with Crippen LogP contribution in [0.25, 0.3) is 0 Å². The molecule has 0 atom stereocenters. The van der Waals surface area contributed by atoms with Gasteiger partial charge in [-0.05, 0) is 52.1 Å². The molecule has 0 radical (unpaired) electrons. The fraction of sp³-hybridized carbons (Fsp3) is 0.846. The van der Waals surface area contributed by atoms with Gasteiger partial charge in [-0.15, -0.1) is 0 Å². The summed E-state index contributed by atoms with van der Waals surface area (Å²) in [5.41, 5.74) is -1.14. The highest BCUT2D eigenvalue weighted by atomic mass is 28.4. The minimum atomic E-state index is -2.01. The molecule has 0 aliphatic heterocycles. The van der Waals surface area contributed by atoms with Gasteiger partial charge in [0.15, 0.2) is 5.41 Å². The van der Waals surface area contributed by atoms with Crippen LogP contribution in [0.15, 0.2) is 0 Å². The van der Waals surface area contributed by atoms with Crippen LogP contribution < -0.4 is 0 Å². The van der Waals surface area contributed by atoms with Crippen molar-refractivity contribution >= 4 is 28.6 Å². The van der Waals surface area contributed by atoms with E-state index >= 15 is 0 Å². The summed E-state index contributed by atoms with van der Waals surface area (Å²) in [6.07, 6.45) is 0.826. The maximum absolute atomic E-state index is 12.4. The molecule has 6 heteroatoms. The van der Waals surface area contributed by atoms with Gasteiger partial charge in [0.2, 0.25) is 16.6 Å². The lowest BCUT2D eigenvalue weighted by atomic mass is 9.83. The minimum Gasteiger partial charge on any atom is -0.519 e. The molecule has 0 rings (SSSR count). The van der Waals surface area contributed by atoms with Gasteiger partial charge in [0, 0.05) is 0 Å². The SMILES string of the molecule is CCC(CC)(C(=O)O[Si](C)(C)C)C(=O)O[Si](C)(C)C. The lowest BCUT2D eigenvalue weighted by Crippen LogP contribution is -2.48. The van der Waals surface area contributed by atoms with Crippen molar-refractivity contribution in [1.82, 2.24) is 0 Å². The first-order valence-corrected chi connectivity index (χ1v) is 13.7. The van der Waals surface area contributed by atoms with Gasteiger partial charge >= 0.3 is 11.9 Å². The Kier molecular flexibility index (Phi) is 6.01. The number of hydrogen-bond acceptors (Lipinski definition) is 4. The Morgan fingerprint density at radius 2 is 1.05 bits per heavy atom. The second-order valence-corrected chi connectivity index (χ2v) is 15.7. The van der Waals surface area contributed by atoms with Gasteiger partial charge in [-0.1, -0.05) is 13.8 Å². The fourth-order valence-electron chi connectivity index (χ4n) is 1.66. The Morgan fingerprint density at radius 1 is 0.789 bits per heavy atom. The molecule has 0 aromatic rings. The van der Waals surface area contributed by atoms with Crippen LogP contribution in [0, 0.1) is 5.41 Å². The summed E-state index contributed by atoms with van der Waals surface area (Å²) in [4.78, 5) is 24.8. The van der Waals surface area contributed by atoms with Crippen LogP contribution in [-0.4, -0.2) is 28.6 Å². The normalized spacial score (nSPS) is 13.1. The maximum atomic E-state index is 12.4. The minimum absolute atomic E-state index is 0.413. The van der Waals surface area contributed by atoms with Crippen molar-refractivity contribution < 1.29 is 18.4 Å². The van der Waals surface area contributed by atoms with E-state index in [1.807, 2.05) is 53.1 Å². The summed E-state index contributed by atoms with van der Waals surface area (Å²) in [5.74, 6) is -0.833. The van der Waals surface area contributed by atoms with Crippen molar-refractivity contribution in [3.63, 3.8) is 0 Å². The van der Waals surface area contributed by atoms with Gasteiger partial charge in [-0.2, -0.15) is 0 Å². The quantitative estimate of drug-likeness (QED) is 0.556. The van der Waals surface area contributed by atoms with E-state index in [0.717, 1.165) is 0 Å². The lowest BCUT2D eigenvalue weighted by Gasteiger charge is -2.33. The van der Waals surface area contributed by atoms with Crippen LogP contribution in [0.4, 0.5) is 0 Å². The zero-order valence-electron chi connectivity index (χ0n) is 13.5. The first-order valence-electron chi connectivity index (χ1n) is 6.85. The third-order valence-corrected chi connectivity index (χ3v) is 4.38. The topological polar surface area (TPSA) is 52.6 Å². The zero-order valence-corrected chi connectivity index (χ0v) is 15.5. The van der Waals surface area contributed by atoms with Crippen molar-refractivity contribution in [3.8, 4) is 0 Å². The molecule has 0 fully saturated rings. The Hall–Kier alpha value is -0.626. The molecule has 0 aromatic heterocycles. The monoisotopic (exact) mass is 304 g/mol. The molecular weight excluding hydrogens is 276 g/mol. The Bertz CT molecular complexity index is 306. The summed E-state index contributed by atoms with van der Waals surface area (Å²) >= 11 is 0. The molecule has 0 N–H and O–H groups in total. The van der Waals surface area contributed by atoms with Crippen LogP contribution in [0.2, 0.25) is 39.3 Å². The van der Waals surface area contributed by atoms with Crippen molar-refractivity contribution in [3.05, 3.63) is 0 Å². The highest BCUT2D eigenvalue weighted by Gasteiger charge is 2.48. The molecule has 0 heterocycles. The number of carbonyl (C=O) groups excluding carboxylic acids is 2. The van der Waals surface area contributed by atoms with Gasteiger partial charge in [-0.3, -0.25) is 9.59 Å². The summed E-state index contributed by atoms with van der Waals surface area (Å²) in [5, 5.41) is 0. The Labute approximate surface area is 119 Å². The highest BCUT2D eigenvalue weighted by molar-refractivity contribution is 6.72. The summed E-state index contributed by atoms with van der Waals surface area (Å²) in [7, 11) is -4.03. The van der Waals surface area contributed by atoms with E-state index in [4.69, 9.17) is 8.85 Å². The van der Waals surface area contributed by atoms with Gasteiger partial charge < -0.3 is 8.85 Å². The molecule has 112 valence electrons. The summed E-state index contributed by atoms with van der Waals surface area (Å²) in [6.45, 7) is 15.3. The first kappa shape index (κ1) is 18.4. The molecule has 0 bridgehead atoms. The predicted octanol–water partition coefficient (Wildman–Crippen LogP) is 3.55. The number of hydrogen-bond donors (Lipinski definition) is 0. The summed E-state index contributed by atoms with van der Waals surface area (Å²) in [6, 6.07) is 0. The average molecular weight is 305 g/mol. The van der Waals surface area contributed by atoms with E-state index in [1.54, 1.807) is 0 Å². The van der Waals surface area contributed by atoms with Crippen LogP contribution in [0.1, 0.15) is 26.7 Å². The molecule has 4 nitrogen and oxygen atoms in total. The average Bonchev–Trinajstić information content (AvgIpc) is 2.14. The van der Waals surface area contributed by atoms with Crippen molar-refractivity contribution in [1.29, 1.82) is 0 Å². The third-order valence-electron chi connectivity index (χ3n) is 2.79. The number of carbonyl (C=O) groups is 2. The highest BCUT2D eigenvalue weighted by Crippen LogP contribution is 2.32. The van der Waals surface area contributed by atoms with E-state index in [9.17, 15) is 9.59 Å². The molecule has 0 aliphatic rings. The second-order valence-electron chi connectivity index (χ2n) is 6.79. The van der Waals surface area contributed by atoms with E-state index in [2.05, 4.69) is 0 Å². The zero-order chi connectivity index (χ0) is 15.5. The van der Waals surface area contributed by atoms with Crippen molar-refractivity contribution in [2.75, 3.05) is 0 Å². The molecule has 0 amide bonds. The van der Waals surface area contributed by atoms with Crippen LogP contribution in [0.3, 0.4) is 0 Å². The lowest BCUT2D eigenvalue weighted by molar-refractivity contribution is -0.162. The van der Waals surface area contributed by atoms with E-state index < -0.39 is 34.0 Å². The van der Waals surface area contributed by atoms with Gasteiger partial charge in [0.1, 0.15) is 0 Å². The molecule has 0 saturated carbocycles. The van der Waals surface area contributed by atoms with Gasteiger partial charge in [-0.25, -0.2) is 0 Å². The second kappa shape index (κ2) is 6.22. The van der Waals surface area contributed by atoms with Gasteiger partial charge in [0.05, 0.1) is 0 Å². The molecule has 19 heavy (non-hydrogen) atoms. The molecule has 0 saturated heterocycles. The van der Waals surface area contributed by atoms with E-state index in [0.29, 0.717) is 12.8 Å². The van der Waals surface area contributed by atoms with Crippen molar-refractivity contribution in [2.45, 2.75) is 66.0 Å². The maximum Gasteiger partial charge on any atom is 0.310 e. The first-order chi connectivity index (χ1) is 8.38. The molecular formula is C13H28O4Si2. The van der Waals surface area contributed by atoms with Gasteiger partial charge in [0.25, 0.3) is 0 Å². The van der Waals surface area contributed by atoms with Crippen LogP contribution >= 0.6 is 0 Å². The number of rotatable bonds is 6. The van der Waals surface area contributed by atoms with Crippen molar-refractivity contribution in [2.24, 2.45) is 5.41 Å². The van der Waals surface area contributed by atoms with E-state index in [1.165, 1.54) is 0 Å². The molecule has 0 aromatic carbocycles. The molecule has 0 spiro atoms. The smallest absolute Gasteiger partial charge is 0.310 e. The third kappa shape index (κ3) is 5.48. The standard InChI is InChI=1S/C13H28O4Si2/c1-9-13(10-2,11(14)16-18(3,4)5)12(15)17-19(6,7)8/h9-10H2,1-8H3. The van der Waals surface area contributed by atoms with Crippen LogP contribution in [0.5, 0.6) is 0 Å². The van der Waals surface area contributed by atoms with Crippen LogP contribution in [-0.2, 0) is 18.4 Å². The fourth-order valence-corrected chi connectivity index (χ4v) is 3.17. The largest absolute Gasteiger partial charge is 0.519 e. The Balaban J connectivity index is 5.25. The van der Waals surface area contributed by atoms with E-state index in [-0.39, 0.29) is 0 Å². The Morgan fingerprint density at radius 3 is 1.21 bits per heavy atom. The summed E-state index contributed by atoms with van der Waals surface area (Å²) < 4.78 is 11.1. The molecule has 0 unspecified atom stereocenters. The predicted molar refractivity (Wildman–Crippen MR) is 81.9 cm³/mol.